The Morgan fingerprint density at radius 1 is 1.31 bits per heavy atom. The van der Waals surface area contributed by atoms with Crippen molar-refractivity contribution in [1.29, 1.82) is 0 Å². The van der Waals surface area contributed by atoms with Crippen LogP contribution in [0.3, 0.4) is 0 Å². The van der Waals surface area contributed by atoms with Crippen molar-refractivity contribution in [2.24, 2.45) is 0 Å². The number of hydrogen-bond donors (Lipinski definition) is 1. The van der Waals surface area contributed by atoms with E-state index < -0.39 is 10.0 Å². The molecule has 0 fully saturated rings. The molecule has 2 rings (SSSR count). The lowest BCUT2D eigenvalue weighted by Crippen LogP contribution is -2.12. The molecule has 0 aliphatic carbocycles. The van der Waals surface area contributed by atoms with Gasteiger partial charge in [-0.15, -0.1) is 11.3 Å². The summed E-state index contributed by atoms with van der Waals surface area (Å²) in [6.07, 6.45) is 1.47. The molecule has 0 saturated heterocycles. The normalized spacial score (nSPS) is 11.3. The lowest BCUT2D eigenvalue weighted by atomic mass is 10.5. The summed E-state index contributed by atoms with van der Waals surface area (Å²) >= 11 is 6.94. The van der Waals surface area contributed by atoms with Gasteiger partial charge in [-0.25, -0.2) is 13.4 Å². The molecule has 0 unspecified atom stereocenters. The fourth-order valence-corrected chi connectivity index (χ4v) is 3.30. The summed E-state index contributed by atoms with van der Waals surface area (Å²) in [7, 11) is -3.57. The SMILES string of the molecule is O=S(=O)(Nc1ncccc1Cl)c1cccs1. The van der Waals surface area contributed by atoms with Crippen molar-refractivity contribution >= 4 is 38.8 Å². The van der Waals surface area contributed by atoms with Gasteiger partial charge < -0.3 is 0 Å². The molecule has 2 aromatic heterocycles. The van der Waals surface area contributed by atoms with Crippen molar-refractivity contribution in [3.63, 3.8) is 0 Å². The summed E-state index contributed by atoms with van der Waals surface area (Å²) in [5.74, 6) is 0.137. The van der Waals surface area contributed by atoms with Crippen LogP contribution in [-0.4, -0.2) is 13.4 Å². The lowest BCUT2D eigenvalue weighted by Gasteiger charge is -2.06. The van der Waals surface area contributed by atoms with E-state index in [1.54, 1.807) is 23.6 Å². The third kappa shape index (κ3) is 2.34. The van der Waals surface area contributed by atoms with Gasteiger partial charge in [-0.05, 0) is 23.6 Å². The number of pyridine rings is 1. The van der Waals surface area contributed by atoms with E-state index in [1.807, 2.05) is 0 Å². The average Bonchev–Trinajstić information content (AvgIpc) is 2.75. The Bertz CT molecular complexity index is 581. The summed E-state index contributed by atoms with van der Waals surface area (Å²) < 4.78 is 26.2. The first kappa shape index (κ1) is 11.4. The molecule has 84 valence electrons. The number of halogens is 1. The van der Waals surface area contributed by atoms with Crippen LogP contribution in [0.25, 0.3) is 0 Å². The number of nitrogens with zero attached hydrogens (tertiary/aromatic N) is 1. The molecule has 0 aliphatic rings. The molecule has 7 heteroatoms. The number of nitrogens with one attached hydrogen (secondary N) is 1. The van der Waals surface area contributed by atoms with E-state index in [1.165, 1.54) is 12.3 Å². The fourth-order valence-electron chi connectivity index (χ4n) is 1.05. The van der Waals surface area contributed by atoms with Gasteiger partial charge in [-0.3, -0.25) is 4.72 Å². The van der Waals surface area contributed by atoms with Crippen molar-refractivity contribution in [3.05, 3.63) is 40.9 Å². The molecule has 0 saturated carbocycles. The predicted octanol–water partition coefficient (Wildman–Crippen LogP) is 2.60. The number of rotatable bonds is 3. The van der Waals surface area contributed by atoms with Crippen LogP contribution in [0.5, 0.6) is 0 Å². The summed E-state index contributed by atoms with van der Waals surface area (Å²) in [4.78, 5) is 3.86. The van der Waals surface area contributed by atoms with Gasteiger partial charge >= 0.3 is 0 Å². The van der Waals surface area contributed by atoms with Gasteiger partial charge in [0.25, 0.3) is 10.0 Å². The van der Waals surface area contributed by atoms with Crippen LogP contribution in [0, 0.1) is 0 Å². The van der Waals surface area contributed by atoms with Gasteiger partial charge in [0, 0.05) is 6.20 Å². The molecular formula is C9H7ClN2O2S2. The van der Waals surface area contributed by atoms with Gasteiger partial charge in [0.15, 0.2) is 5.82 Å². The van der Waals surface area contributed by atoms with Gasteiger partial charge in [-0.1, -0.05) is 17.7 Å². The molecular weight excluding hydrogens is 268 g/mol. The lowest BCUT2D eigenvalue weighted by molar-refractivity contribution is 0.603. The zero-order valence-electron chi connectivity index (χ0n) is 7.92. The molecule has 1 N–H and O–H groups in total. The first-order valence-electron chi connectivity index (χ1n) is 4.26. The van der Waals surface area contributed by atoms with Gasteiger partial charge in [0.05, 0.1) is 5.02 Å². The molecule has 0 amide bonds. The Labute approximate surface area is 102 Å². The first-order chi connectivity index (χ1) is 7.59. The van der Waals surface area contributed by atoms with Crippen molar-refractivity contribution in [1.82, 2.24) is 4.98 Å². The molecule has 4 nitrogen and oxygen atoms in total. The van der Waals surface area contributed by atoms with Crippen LogP contribution in [0.2, 0.25) is 5.02 Å². The van der Waals surface area contributed by atoms with Gasteiger partial charge in [-0.2, -0.15) is 0 Å². The van der Waals surface area contributed by atoms with Crippen LogP contribution in [0.4, 0.5) is 5.82 Å². The second-order valence-electron chi connectivity index (χ2n) is 2.87. The zero-order valence-corrected chi connectivity index (χ0v) is 10.3. The molecule has 0 bridgehead atoms. The number of aromatic nitrogens is 1. The van der Waals surface area contributed by atoms with Gasteiger partial charge in [0.2, 0.25) is 0 Å². The van der Waals surface area contributed by atoms with Crippen LogP contribution >= 0.6 is 22.9 Å². The van der Waals surface area contributed by atoms with E-state index in [0.717, 1.165) is 11.3 Å². The minimum Gasteiger partial charge on any atom is -0.261 e. The topological polar surface area (TPSA) is 59.1 Å². The van der Waals surface area contributed by atoms with Crippen molar-refractivity contribution in [2.45, 2.75) is 4.21 Å². The van der Waals surface area contributed by atoms with E-state index in [0.29, 0.717) is 0 Å². The molecule has 0 spiro atoms. The second kappa shape index (κ2) is 4.40. The summed E-state index contributed by atoms with van der Waals surface area (Å²) in [6.45, 7) is 0. The quantitative estimate of drug-likeness (QED) is 0.936. The Morgan fingerprint density at radius 3 is 2.75 bits per heavy atom. The number of hydrogen-bond acceptors (Lipinski definition) is 4. The monoisotopic (exact) mass is 274 g/mol. The van der Waals surface area contributed by atoms with E-state index >= 15 is 0 Å². The number of anilines is 1. The molecule has 0 radical (unpaired) electrons. The summed E-state index contributed by atoms with van der Waals surface area (Å²) in [5.41, 5.74) is 0. The molecule has 0 aromatic carbocycles. The molecule has 2 heterocycles. The van der Waals surface area contributed by atoms with Crippen molar-refractivity contribution < 1.29 is 8.42 Å². The Morgan fingerprint density at radius 2 is 2.12 bits per heavy atom. The number of thiophene rings is 1. The standard InChI is InChI=1S/C9H7ClN2O2S2/c10-7-3-1-5-11-9(7)12-16(13,14)8-4-2-6-15-8/h1-6H,(H,11,12). The highest BCUT2D eigenvalue weighted by Crippen LogP contribution is 2.23. The van der Waals surface area contributed by atoms with Crippen molar-refractivity contribution in [2.75, 3.05) is 4.72 Å². The smallest absolute Gasteiger partial charge is 0.261 e. The molecule has 2 aromatic rings. The number of sulfonamides is 1. The predicted molar refractivity (Wildman–Crippen MR) is 64.4 cm³/mol. The minimum atomic E-state index is -3.57. The first-order valence-corrected chi connectivity index (χ1v) is 7.00. The average molecular weight is 275 g/mol. The fraction of sp³-hybridized carbons (Fsp3) is 0. The van der Waals surface area contributed by atoms with Crippen LogP contribution < -0.4 is 4.72 Å². The van der Waals surface area contributed by atoms with Crippen LogP contribution in [0.1, 0.15) is 0 Å². The summed E-state index contributed by atoms with van der Waals surface area (Å²) in [6, 6.07) is 6.38. The second-order valence-corrected chi connectivity index (χ2v) is 6.14. The van der Waals surface area contributed by atoms with E-state index in [-0.39, 0.29) is 15.0 Å². The third-order valence-corrected chi connectivity index (χ3v) is 4.79. The zero-order chi connectivity index (χ0) is 11.6. The maximum atomic E-state index is 11.8. The van der Waals surface area contributed by atoms with E-state index in [4.69, 9.17) is 11.6 Å². The Balaban J connectivity index is 2.33. The highest BCUT2D eigenvalue weighted by atomic mass is 35.5. The molecule has 16 heavy (non-hydrogen) atoms. The molecule has 0 aliphatic heterocycles. The Hall–Kier alpha value is -1.11. The largest absolute Gasteiger partial charge is 0.272 e. The third-order valence-electron chi connectivity index (χ3n) is 1.75. The summed E-state index contributed by atoms with van der Waals surface area (Å²) in [5, 5.41) is 1.96. The van der Waals surface area contributed by atoms with E-state index in [9.17, 15) is 8.42 Å². The Kier molecular flexibility index (Phi) is 3.13. The molecule has 0 atom stereocenters. The minimum absolute atomic E-state index is 0.137. The van der Waals surface area contributed by atoms with E-state index in [2.05, 4.69) is 9.71 Å². The maximum Gasteiger partial charge on any atom is 0.272 e. The highest BCUT2D eigenvalue weighted by Gasteiger charge is 2.16. The van der Waals surface area contributed by atoms with Crippen LogP contribution in [-0.2, 0) is 10.0 Å². The highest BCUT2D eigenvalue weighted by molar-refractivity contribution is 7.94. The maximum absolute atomic E-state index is 11.8. The van der Waals surface area contributed by atoms with Gasteiger partial charge in [0.1, 0.15) is 4.21 Å². The van der Waals surface area contributed by atoms with Crippen LogP contribution in [0.15, 0.2) is 40.1 Å². The van der Waals surface area contributed by atoms with Crippen molar-refractivity contribution in [3.8, 4) is 0 Å².